The van der Waals surface area contributed by atoms with Gasteiger partial charge in [0.2, 0.25) is 0 Å². The minimum absolute atomic E-state index is 0.0164. The van der Waals surface area contributed by atoms with Crippen LogP contribution >= 0.6 is 0 Å². The number of carboxylic acids is 1. The Morgan fingerprint density at radius 2 is 1.63 bits per heavy atom. The summed E-state index contributed by atoms with van der Waals surface area (Å²) in [6.07, 6.45) is 1.87. The van der Waals surface area contributed by atoms with Gasteiger partial charge in [0, 0.05) is 12.8 Å². The molecule has 7 heteroatoms. The summed E-state index contributed by atoms with van der Waals surface area (Å²) in [6.45, 7) is 6.65. The van der Waals surface area contributed by atoms with Crippen LogP contribution in [0.3, 0.4) is 0 Å². The zero-order valence-electron chi connectivity index (χ0n) is 17.6. The second kappa shape index (κ2) is 8.44. The van der Waals surface area contributed by atoms with E-state index in [4.69, 9.17) is 0 Å². The molecule has 30 heavy (non-hydrogen) atoms. The molecule has 0 saturated heterocycles. The molecule has 0 bridgehead atoms. The number of carboxylic acid groups (broad SMARTS) is 1. The number of nitrogens with zero attached hydrogens (tertiary/aromatic N) is 2. The first-order valence-electron chi connectivity index (χ1n) is 9.85. The van der Waals surface area contributed by atoms with Gasteiger partial charge in [-0.15, -0.1) is 0 Å². The molecule has 0 aliphatic carbocycles. The van der Waals surface area contributed by atoms with Crippen molar-refractivity contribution in [3.63, 3.8) is 0 Å². The third-order valence-electron chi connectivity index (χ3n) is 4.90. The normalized spacial score (nSPS) is 11.8. The fraction of sp³-hybridized carbons (Fsp3) is 0.304. The number of rotatable bonds is 7. The summed E-state index contributed by atoms with van der Waals surface area (Å²) in [5.74, 6) is -0.740. The number of hydrogen-bond acceptors (Lipinski definition) is 4. The van der Waals surface area contributed by atoms with Gasteiger partial charge >= 0.3 is 5.97 Å². The molecule has 0 aliphatic heterocycles. The van der Waals surface area contributed by atoms with Gasteiger partial charge in [-0.3, -0.25) is 4.68 Å². The monoisotopic (exact) mass is 426 g/mol. The Morgan fingerprint density at radius 1 is 1.03 bits per heavy atom. The molecule has 0 fully saturated rings. The molecule has 0 unspecified atom stereocenters. The third-order valence-corrected chi connectivity index (χ3v) is 6.08. The minimum atomic E-state index is -3.32. The number of aromatic nitrogens is 2. The van der Waals surface area contributed by atoms with E-state index < -0.39 is 15.8 Å². The minimum Gasteiger partial charge on any atom is -0.476 e. The lowest BCUT2D eigenvalue weighted by molar-refractivity contribution is 0.0689. The average molecular weight is 427 g/mol. The Morgan fingerprint density at radius 3 is 2.17 bits per heavy atom. The highest BCUT2D eigenvalue weighted by molar-refractivity contribution is 7.90. The van der Waals surface area contributed by atoms with E-state index in [0.717, 1.165) is 27.9 Å². The van der Waals surface area contributed by atoms with E-state index in [9.17, 15) is 18.3 Å². The van der Waals surface area contributed by atoms with Gasteiger partial charge in [-0.25, -0.2) is 13.2 Å². The van der Waals surface area contributed by atoms with Crippen molar-refractivity contribution in [3.8, 4) is 22.4 Å². The smallest absolute Gasteiger partial charge is 0.356 e. The van der Waals surface area contributed by atoms with E-state index >= 15 is 0 Å². The van der Waals surface area contributed by atoms with Gasteiger partial charge in [0.1, 0.15) is 0 Å². The van der Waals surface area contributed by atoms with Crippen LogP contribution in [0.15, 0.2) is 53.4 Å². The van der Waals surface area contributed by atoms with Gasteiger partial charge in [0.15, 0.2) is 15.5 Å². The van der Waals surface area contributed by atoms with Crippen molar-refractivity contribution in [2.75, 3.05) is 6.26 Å². The topological polar surface area (TPSA) is 89.3 Å². The fourth-order valence-corrected chi connectivity index (χ4v) is 4.47. The number of carbonyl (C=O) groups is 1. The van der Waals surface area contributed by atoms with E-state index in [1.165, 1.54) is 6.26 Å². The lowest BCUT2D eigenvalue weighted by Gasteiger charge is -2.12. The molecule has 158 valence electrons. The van der Waals surface area contributed by atoms with Gasteiger partial charge in [-0.2, -0.15) is 5.10 Å². The van der Waals surface area contributed by atoms with Crippen molar-refractivity contribution in [1.29, 1.82) is 0 Å². The summed E-state index contributed by atoms with van der Waals surface area (Å²) in [6, 6.07) is 14.7. The molecule has 6 nitrogen and oxygen atoms in total. The van der Waals surface area contributed by atoms with Crippen LogP contribution in [0.4, 0.5) is 0 Å². The van der Waals surface area contributed by atoms with Crippen LogP contribution in [0.5, 0.6) is 0 Å². The number of aromatic carboxylic acids is 1. The van der Waals surface area contributed by atoms with Crippen LogP contribution < -0.4 is 0 Å². The second-order valence-electron chi connectivity index (χ2n) is 7.82. The molecule has 0 saturated carbocycles. The molecule has 1 aromatic heterocycles. The molecule has 3 rings (SSSR count). The quantitative estimate of drug-likeness (QED) is 0.599. The zero-order valence-corrected chi connectivity index (χ0v) is 18.4. The maximum atomic E-state index is 12.2. The van der Waals surface area contributed by atoms with Crippen LogP contribution in [0.1, 0.15) is 36.8 Å². The summed E-state index contributed by atoms with van der Waals surface area (Å²) >= 11 is 0. The van der Waals surface area contributed by atoms with Crippen molar-refractivity contribution in [3.05, 3.63) is 59.8 Å². The molecule has 2 aromatic carbocycles. The maximum Gasteiger partial charge on any atom is 0.356 e. The summed E-state index contributed by atoms with van der Waals surface area (Å²) in [4.78, 5) is 11.7. The van der Waals surface area contributed by atoms with E-state index in [0.29, 0.717) is 23.8 Å². The van der Waals surface area contributed by atoms with Gasteiger partial charge in [-0.05, 0) is 46.7 Å². The number of hydrogen-bond donors (Lipinski definition) is 1. The van der Waals surface area contributed by atoms with Crippen LogP contribution in [0, 0.1) is 5.92 Å². The molecular weight excluding hydrogens is 400 g/mol. The Kier molecular flexibility index (Phi) is 6.12. The molecule has 3 aromatic rings. The van der Waals surface area contributed by atoms with Crippen LogP contribution in [-0.2, 0) is 22.8 Å². The summed E-state index contributed by atoms with van der Waals surface area (Å²) in [5.41, 5.74) is 4.12. The highest BCUT2D eigenvalue weighted by atomic mass is 32.2. The molecule has 0 atom stereocenters. The van der Waals surface area contributed by atoms with Crippen LogP contribution in [0.25, 0.3) is 22.4 Å². The van der Waals surface area contributed by atoms with E-state index in [2.05, 4.69) is 5.10 Å². The van der Waals surface area contributed by atoms with Crippen molar-refractivity contribution < 1.29 is 18.3 Å². The maximum absolute atomic E-state index is 12.2. The SMILES string of the molecule is CCc1ccc(-c2ccc(-c3cc(C(=O)O)nn3CC(C)C)cc2)cc1S(C)(=O)=O. The fourth-order valence-electron chi connectivity index (χ4n) is 3.44. The Balaban J connectivity index is 2.01. The van der Waals surface area contributed by atoms with Crippen LogP contribution in [-0.4, -0.2) is 35.5 Å². The summed E-state index contributed by atoms with van der Waals surface area (Å²) < 4.78 is 26.0. The highest BCUT2D eigenvalue weighted by Gasteiger charge is 2.17. The first-order chi connectivity index (χ1) is 14.1. The Bertz CT molecular complexity index is 1180. The molecule has 0 aliphatic rings. The van der Waals surface area contributed by atoms with Gasteiger partial charge in [0.05, 0.1) is 10.6 Å². The van der Waals surface area contributed by atoms with Crippen molar-refractivity contribution in [1.82, 2.24) is 9.78 Å². The van der Waals surface area contributed by atoms with Gasteiger partial charge < -0.3 is 5.11 Å². The van der Waals surface area contributed by atoms with E-state index in [-0.39, 0.29) is 5.69 Å². The van der Waals surface area contributed by atoms with Crippen LogP contribution in [0.2, 0.25) is 0 Å². The van der Waals surface area contributed by atoms with Gasteiger partial charge in [0.25, 0.3) is 0 Å². The molecule has 1 heterocycles. The van der Waals surface area contributed by atoms with E-state index in [1.807, 2.05) is 57.2 Å². The Labute approximate surface area is 177 Å². The van der Waals surface area contributed by atoms with Crippen molar-refractivity contribution in [2.24, 2.45) is 5.92 Å². The molecular formula is C23H26N2O4S. The molecule has 0 amide bonds. The lowest BCUT2D eigenvalue weighted by Crippen LogP contribution is -2.09. The predicted octanol–water partition coefficient (Wildman–Crippen LogP) is 4.54. The van der Waals surface area contributed by atoms with E-state index in [1.54, 1.807) is 16.8 Å². The second-order valence-corrected chi connectivity index (χ2v) is 9.81. The molecule has 0 spiro atoms. The molecule has 1 N–H and O–H groups in total. The standard InChI is InChI=1S/C23H26N2O4S/c1-5-16-6-11-19(12-22(16)30(4,28)29)17-7-9-18(10-8-17)21-13-20(23(26)27)24-25(21)14-15(2)3/h6-13,15H,5,14H2,1-4H3,(H,26,27). The zero-order chi connectivity index (χ0) is 22.1. The number of sulfone groups is 1. The first-order valence-corrected chi connectivity index (χ1v) is 11.7. The highest BCUT2D eigenvalue weighted by Crippen LogP contribution is 2.29. The third kappa shape index (κ3) is 4.62. The summed E-state index contributed by atoms with van der Waals surface area (Å²) in [7, 11) is -3.32. The lowest BCUT2D eigenvalue weighted by atomic mass is 10.0. The van der Waals surface area contributed by atoms with Gasteiger partial charge in [-0.1, -0.05) is 57.2 Å². The average Bonchev–Trinajstić information content (AvgIpc) is 3.10. The van der Waals surface area contributed by atoms with Crippen molar-refractivity contribution >= 4 is 15.8 Å². The summed E-state index contributed by atoms with van der Waals surface area (Å²) in [5, 5.41) is 13.5. The van der Waals surface area contributed by atoms with Crippen molar-refractivity contribution in [2.45, 2.75) is 38.6 Å². The number of aryl methyl sites for hydroxylation is 1. The largest absolute Gasteiger partial charge is 0.476 e. The number of benzene rings is 2. The first kappa shape index (κ1) is 21.8. The predicted molar refractivity (Wildman–Crippen MR) is 117 cm³/mol. The molecule has 0 radical (unpaired) electrons. The Hall–Kier alpha value is -2.93.